The molecule has 0 amide bonds. The summed E-state index contributed by atoms with van der Waals surface area (Å²) in [6.45, 7) is 0.738. The van der Waals surface area contributed by atoms with Crippen molar-refractivity contribution in [3.63, 3.8) is 0 Å². The molecule has 0 aliphatic carbocycles. The van der Waals surface area contributed by atoms with Crippen molar-refractivity contribution in [3.05, 3.63) is 56.2 Å². The van der Waals surface area contributed by atoms with Gasteiger partial charge in [-0.05, 0) is 43.1 Å². The lowest BCUT2D eigenvalue weighted by Crippen LogP contribution is -2.46. The molecule has 0 spiro atoms. The summed E-state index contributed by atoms with van der Waals surface area (Å²) in [5.74, 6) is -0.774. The van der Waals surface area contributed by atoms with Crippen molar-refractivity contribution in [3.8, 4) is 0 Å². The molecule has 23 heavy (non-hydrogen) atoms. The number of piperidine rings is 1. The van der Waals surface area contributed by atoms with E-state index in [1.165, 1.54) is 11.3 Å². The molecule has 1 aliphatic heterocycles. The summed E-state index contributed by atoms with van der Waals surface area (Å²) >= 11 is 14.0. The lowest BCUT2D eigenvalue weighted by molar-refractivity contribution is -0.145. The molecule has 122 valence electrons. The minimum Gasteiger partial charge on any atom is -0.480 e. The highest BCUT2D eigenvalue weighted by atomic mass is 35.5. The highest BCUT2D eigenvalue weighted by molar-refractivity contribution is 7.16. The second-order valence-corrected chi connectivity index (χ2v) is 7.81. The number of carboxylic acids is 1. The van der Waals surface area contributed by atoms with Crippen LogP contribution in [0.5, 0.6) is 0 Å². The van der Waals surface area contributed by atoms with Crippen molar-refractivity contribution in [1.82, 2.24) is 4.90 Å². The molecule has 0 bridgehead atoms. The summed E-state index contributed by atoms with van der Waals surface area (Å²) in [5.41, 5.74) is 0.931. The maximum atomic E-state index is 11.7. The van der Waals surface area contributed by atoms with Crippen LogP contribution in [0.15, 0.2) is 36.4 Å². The molecule has 1 N–H and O–H groups in total. The second-order valence-electron chi connectivity index (χ2n) is 5.65. The van der Waals surface area contributed by atoms with Crippen LogP contribution in [-0.2, 0) is 4.79 Å². The molecule has 0 saturated carbocycles. The number of halogens is 2. The molecule has 1 saturated heterocycles. The Kier molecular flexibility index (Phi) is 5.27. The summed E-state index contributed by atoms with van der Waals surface area (Å²) in [6, 6.07) is 10.8. The van der Waals surface area contributed by atoms with Crippen LogP contribution in [0.1, 0.15) is 35.7 Å². The summed E-state index contributed by atoms with van der Waals surface area (Å²) in [7, 11) is 0. The van der Waals surface area contributed by atoms with Gasteiger partial charge in [-0.25, -0.2) is 0 Å². The molecule has 3 rings (SSSR count). The largest absolute Gasteiger partial charge is 0.480 e. The monoisotopic (exact) mass is 369 g/mol. The predicted octanol–water partition coefficient (Wildman–Crippen LogP) is 5.08. The molecule has 2 atom stereocenters. The van der Waals surface area contributed by atoms with Gasteiger partial charge in [-0.1, -0.05) is 47.8 Å². The number of carboxylic acid groups (broad SMARTS) is 1. The van der Waals surface area contributed by atoms with E-state index in [-0.39, 0.29) is 6.04 Å². The fourth-order valence-electron chi connectivity index (χ4n) is 3.20. The first-order chi connectivity index (χ1) is 11.1. The number of hydrogen-bond donors (Lipinski definition) is 1. The van der Waals surface area contributed by atoms with Crippen LogP contribution in [0.3, 0.4) is 0 Å². The Bertz CT molecular complexity index is 703. The first-order valence-electron chi connectivity index (χ1n) is 7.56. The predicted molar refractivity (Wildman–Crippen MR) is 94.6 cm³/mol. The third kappa shape index (κ3) is 3.56. The molecule has 6 heteroatoms. The highest BCUT2D eigenvalue weighted by Gasteiger charge is 2.36. The van der Waals surface area contributed by atoms with Gasteiger partial charge >= 0.3 is 5.97 Å². The Balaban J connectivity index is 2.08. The minimum atomic E-state index is -0.774. The first-order valence-corrected chi connectivity index (χ1v) is 9.13. The lowest BCUT2D eigenvalue weighted by Gasteiger charge is -2.39. The topological polar surface area (TPSA) is 40.5 Å². The molecular formula is C17H17Cl2NO2S. The van der Waals surface area contributed by atoms with Gasteiger partial charge in [0.15, 0.2) is 0 Å². The minimum absolute atomic E-state index is 0.178. The molecule has 3 nitrogen and oxygen atoms in total. The normalized spacial score (nSPS) is 20.3. The molecule has 2 heterocycles. The van der Waals surface area contributed by atoms with Crippen molar-refractivity contribution in [2.75, 3.05) is 6.54 Å². The summed E-state index contributed by atoms with van der Waals surface area (Å²) < 4.78 is 0.695. The quantitative estimate of drug-likeness (QED) is 0.816. The second kappa shape index (κ2) is 7.22. The van der Waals surface area contributed by atoms with Crippen LogP contribution >= 0.6 is 34.5 Å². The molecule has 1 aromatic carbocycles. The molecule has 1 fully saturated rings. The number of hydrogen-bond acceptors (Lipinski definition) is 3. The summed E-state index contributed by atoms with van der Waals surface area (Å²) in [5, 5.41) is 10.3. The number of thiophene rings is 1. The average Bonchev–Trinajstić information content (AvgIpc) is 2.96. The summed E-state index contributed by atoms with van der Waals surface area (Å²) in [4.78, 5) is 14.8. The van der Waals surface area contributed by atoms with E-state index in [2.05, 4.69) is 4.90 Å². The Morgan fingerprint density at radius 3 is 2.65 bits per heavy atom. The van der Waals surface area contributed by atoms with E-state index in [9.17, 15) is 9.90 Å². The van der Waals surface area contributed by atoms with Gasteiger partial charge in [0.2, 0.25) is 0 Å². The highest BCUT2D eigenvalue weighted by Crippen LogP contribution is 2.40. The first kappa shape index (κ1) is 16.8. The summed E-state index contributed by atoms with van der Waals surface area (Å²) in [6.07, 6.45) is 2.59. The maximum absolute atomic E-state index is 11.7. The number of rotatable bonds is 4. The van der Waals surface area contributed by atoms with Crippen molar-refractivity contribution in [1.29, 1.82) is 0 Å². The Hall–Kier alpha value is -1.07. The SMILES string of the molecule is O=C(O)C1CCCCN1C(c1ccc(Cl)s1)c1ccccc1Cl. The van der Waals surface area contributed by atoms with Gasteiger partial charge in [0, 0.05) is 9.90 Å². The number of aliphatic carboxylic acids is 1. The zero-order chi connectivity index (χ0) is 16.4. The Morgan fingerprint density at radius 1 is 1.22 bits per heavy atom. The van der Waals surface area contributed by atoms with E-state index in [1.54, 1.807) is 0 Å². The van der Waals surface area contributed by atoms with Gasteiger partial charge in [0.05, 0.1) is 10.4 Å². The number of carbonyl (C=O) groups is 1. The molecule has 0 radical (unpaired) electrons. The molecular weight excluding hydrogens is 353 g/mol. The van der Waals surface area contributed by atoms with Crippen LogP contribution in [0, 0.1) is 0 Å². The lowest BCUT2D eigenvalue weighted by atomic mass is 9.95. The van der Waals surface area contributed by atoms with Crippen LogP contribution in [0.4, 0.5) is 0 Å². The van der Waals surface area contributed by atoms with Crippen LogP contribution in [0.2, 0.25) is 9.36 Å². The van der Waals surface area contributed by atoms with Gasteiger partial charge in [-0.3, -0.25) is 9.69 Å². The molecule has 1 aliphatic rings. The number of benzene rings is 1. The van der Waals surface area contributed by atoms with Crippen LogP contribution < -0.4 is 0 Å². The van der Waals surface area contributed by atoms with Gasteiger partial charge < -0.3 is 5.11 Å². The fraction of sp³-hybridized carbons (Fsp3) is 0.353. The zero-order valence-electron chi connectivity index (χ0n) is 12.4. The van der Waals surface area contributed by atoms with Gasteiger partial charge in [-0.15, -0.1) is 11.3 Å². The maximum Gasteiger partial charge on any atom is 0.320 e. The number of nitrogens with zero attached hydrogens (tertiary/aromatic N) is 1. The van der Waals surface area contributed by atoms with Crippen molar-refractivity contribution >= 4 is 40.5 Å². The van der Waals surface area contributed by atoms with Crippen molar-refractivity contribution in [2.45, 2.75) is 31.3 Å². The van der Waals surface area contributed by atoms with Crippen molar-refractivity contribution in [2.24, 2.45) is 0 Å². The molecule has 2 aromatic rings. The number of likely N-dealkylation sites (tertiary alicyclic amines) is 1. The van der Waals surface area contributed by atoms with Crippen molar-refractivity contribution < 1.29 is 9.90 Å². The van der Waals surface area contributed by atoms with E-state index in [0.29, 0.717) is 15.8 Å². The van der Waals surface area contributed by atoms with E-state index in [4.69, 9.17) is 23.2 Å². The van der Waals surface area contributed by atoms with E-state index in [0.717, 1.165) is 29.8 Å². The van der Waals surface area contributed by atoms with Gasteiger partial charge in [0.1, 0.15) is 6.04 Å². The molecule has 2 unspecified atom stereocenters. The Labute approximate surface area is 149 Å². The molecule has 1 aromatic heterocycles. The van der Waals surface area contributed by atoms with E-state index >= 15 is 0 Å². The zero-order valence-corrected chi connectivity index (χ0v) is 14.7. The smallest absolute Gasteiger partial charge is 0.320 e. The fourth-order valence-corrected chi connectivity index (χ4v) is 4.64. The van der Waals surface area contributed by atoms with E-state index in [1.807, 2.05) is 36.4 Å². The van der Waals surface area contributed by atoms with Crippen LogP contribution in [0.25, 0.3) is 0 Å². The van der Waals surface area contributed by atoms with Gasteiger partial charge in [0.25, 0.3) is 0 Å². The third-order valence-corrected chi connectivity index (χ3v) is 5.85. The van der Waals surface area contributed by atoms with Gasteiger partial charge in [-0.2, -0.15) is 0 Å². The average molecular weight is 370 g/mol. The van der Waals surface area contributed by atoms with Crippen LogP contribution in [-0.4, -0.2) is 28.6 Å². The van der Waals surface area contributed by atoms with E-state index < -0.39 is 12.0 Å². The third-order valence-electron chi connectivity index (χ3n) is 4.22. The Morgan fingerprint density at radius 2 is 2.00 bits per heavy atom. The standard InChI is InChI=1S/C17H17Cl2NO2S/c18-12-6-2-1-5-11(12)16(14-8-9-15(19)23-14)20-10-4-3-7-13(20)17(21)22/h1-2,5-6,8-9,13,16H,3-4,7,10H2,(H,21,22).